The fourth-order valence-electron chi connectivity index (χ4n) is 4.53. The van der Waals surface area contributed by atoms with Gasteiger partial charge < -0.3 is 14.6 Å². The molecule has 5 rings (SSSR count). The minimum absolute atomic E-state index is 0.00263. The molecule has 0 radical (unpaired) electrons. The number of rotatable bonds is 3. The first-order chi connectivity index (χ1) is 13.1. The van der Waals surface area contributed by atoms with Crippen LogP contribution in [0.2, 0.25) is 10.0 Å². The third kappa shape index (κ3) is 2.79. The topological polar surface area (TPSA) is 45.3 Å². The van der Waals surface area contributed by atoms with Gasteiger partial charge in [0.1, 0.15) is 5.75 Å². The molecule has 27 heavy (non-hydrogen) atoms. The first kappa shape index (κ1) is 17.0. The van der Waals surface area contributed by atoms with Crippen LogP contribution in [0.4, 0.5) is 0 Å². The number of nitrogens with one attached hydrogen (secondary N) is 1. The van der Waals surface area contributed by atoms with Gasteiger partial charge in [0.05, 0.1) is 16.1 Å². The van der Waals surface area contributed by atoms with Crippen molar-refractivity contribution in [2.24, 2.45) is 0 Å². The predicted octanol–water partition coefficient (Wildman–Crippen LogP) is 5.14. The van der Waals surface area contributed by atoms with E-state index in [0.29, 0.717) is 15.8 Å². The molecule has 0 aliphatic carbocycles. The number of nitrogens with zero attached hydrogens (tertiary/aromatic N) is 1. The van der Waals surface area contributed by atoms with E-state index >= 15 is 0 Å². The highest BCUT2D eigenvalue weighted by molar-refractivity contribution is 6.42. The third-order valence-corrected chi connectivity index (χ3v) is 6.38. The summed E-state index contributed by atoms with van der Waals surface area (Å²) in [6.45, 7) is 0.00263. The van der Waals surface area contributed by atoms with Gasteiger partial charge in [-0.1, -0.05) is 41.4 Å². The van der Waals surface area contributed by atoms with Gasteiger partial charge in [0.15, 0.2) is 6.61 Å². The molecule has 1 fully saturated rings. The molecule has 2 atom stereocenters. The van der Waals surface area contributed by atoms with E-state index in [4.69, 9.17) is 27.9 Å². The fourth-order valence-corrected chi connectivity index (χ4v) is 4.82. The average Bonchev–Trinajstić information content (AvgIpc) is 3.19. The highest BCUT2D eigenvalue weighted by Crippen LogP contribution is 2.46. The van der Waals surface area contributed by atoms with E-state index in [1.807, 2.05) is 11.0 Å². The summed E-state index contributed by atoms with van der Waals surface area (Å²) in [5.74, 6) is 0.569. The van der Waals surface area contributed by atoms with Gasteiger partial charge in [-0.25, -0.2) is 0 Å². The van der Waals surface area contributed by atoms with E-state index < -0.39 is 0 Å². The van der Waals surface area contributed by atoms with Gasteiger partial charge in [-0.15, -0.1) is 0 Å². The predicted molar refractivity (Wildman–Crippen MR) is 107 cm³/mol. The number of carbonyl (C=O) groups excluding carboxylic acids is 1. The second kappa shape index (κ2) is 6.47. The zero-order valence-corrected chi connectivity index (χ0v) is 16.1. The molecule has 1 saturated heterocycles. The molecule has 4 nitrogen and oxygen atoms in total. The van der Waals surface area contributed by atoms with Crippen LogP contribution in [-0.4, -0.2) is 28.4 Å². The number of halogens is 2. The monoisotopic (exact) mass is 400 g/mol. The Morgan fingerprint density at radius 3 is 2.85 bits per heavy atom. The van der Waals surface area contributed by atoms with E-state index in [1.54, 1.807) is 18.2 Å². The van der Waals surface area contributed by atoms with E-state index in [2.05, 4.69) is 23.2 Å². The first-order valence-electron chi connectivity index (χ1n) is 9.10. The summed E-state index contributed by atoms with van der Waals surface area (Å²) in [5, 5.41) is 2.11. The number of amides is 1. The Morgan fingerprint density at radius 1 is 1.15 bits per heavy atom. The lowest BCUT2D eigenvalue weighted by molar-refractivity contribution is -0.136. The Hall–Kier alpha value is -2.17. The summed E-state index contributed by atoms with van der Waals surface area (Å²) in [5.41, 5.74) is 3.70. The summed E-state index contributed by atoms with van der Waals surface area (Å²) in [7, 11) is 0. The molecule has 3 heterocycles. The number of H-pyrrole nitrogens is 1. The zero-order chi connectivity index (χ0) is 18.5. The third-order valence-electron chi connectivity index (χ3n) is 5.64. The summed E-state index contributed by atoms with van der Waals surface area (Å²) < 4.78 is 5.70. The number of hydrogen-bond donors (Lipinski definition) is 1. The Morgan fingerprint density at radius 2 is 2.00 bits per heavy atom. The second-order valence-electron chi connectivity index (χ2n) is 7.18. The smallest absolute Gasteiger partial charge is 0.261 e. The van der Waals surface area contributed by atoms with Crippen LogP contribution in [-0.2, 0) is 11.2 Å². The summed E-state index contributed by atoms with van der Waals surface area (Å²) >= 11 is 12.0. The Labute approximate surface area is 167 Å². The van der Waals surface area contributed by atoms with Crippen molar-refractivity contribution < 1.29 is 9.53 Å². The minimum atomic E-state index is 0.00263. The van der Waals surface area contributed by atoms with Gasteiger partial charge in [0.2, 0.25) is 0 Å². The number of hydrogen-bond acceptors (Lipinski definition) is 2. The number of benzene rings is 2. The fraction of sp³-hybridized carbons (Fsp3) is 0.286. The number of para-hydroxylation sites is 1. The molecule has 3 aromatic rings. The summed E-state index contributed by atoms with van der Waals surface area (Å²) in [4.78, 5) is 18.6. The number of fused-ring (bicyclic) bond motifs is 6. The van der Waals surface area contributed by atoms with Crippen molar-refractivity contribution in [3.8, 4) is 5.75 Å². The second-order valence-corrected chi connectivity index (χ2v) is 7.99. The average molecular weight is 401 g/mol. The van der Waals surface area contributed by atoms with Crippen molar-refractivity contribution in [3.05, 3.63) is 63.8 Å². The van der Waals surface area contributed by atoms with Crippen LogP contribution in [0, 0.1) is 0 Å². The molecule has 1 aromatic heterocycles. The maximum atomic E-state index is 13.0. The SMILES string of the molecule is O=C(COc1ccc(Cl)c(Cl)c1)N1[C@@H]2CC[C@H]1c1c([nH]c3ccccc13)C2. The Balaban J connectivity index is 1.39. The van der Waals surface area contributed by atoms with E-state index in [0.717, 1.165) is 24.8 Å². The number of aromatic amines is 1. The normalized spacial score (nSPS) is 20.7. The van der Waals surface area contributed by atoms with Crippen molar-refractivity contribution in [3.63, 3.8) is 0 Å². The molecule has 1 amide bonds. The quantitative estimate of drug-likeness (QED) is 0.661. The highest BCUT2D eigenvalue weighted by Gasteiger charge is 2.44. The highest BCUT2D eigenvalue weighted by atomic mass is 35.5. The maximum Gasteiger partial charge on any atom is 0.261 e. The van der Waals surface area contributed by atoms with Crippen LogP contribution in [0.3, 0.4) is 0 Å². The van der Waals surface area contributed by atoms with Gasteiger partial charge in [0.25, 0.3) is 5.91 Å². The van der Waals surface area contributed by atoms with Crippen molar-refractivity contribution >= 4 is 40.0 Å². The van der Waals surface area contributed by atoms with Gasteiger partial charge in [-0.2, -0.15) is 0 Å². The maximum absolute atomic E-state index is 13.0. The molecule has 2 aliphatic rings. The molecule has 2 bridgehead atoms. The Bertz CT molecular complexity index is 1050. The summed E-state index contributed by atoms with van der Waals surface area (Å²) in [6.07, 6.45) is 2.90. The van der Waals surface area contributed by atoms with Gasteiger partial charge >= 0.3 is 0 Å². The van der Waals surface area contributed by atoms with Crippen LogP contribution in [0.1, 0.15) is 30.1 Å². The number of carbonyl (C=O) groups is 1. The van der Waals surface area contributed by atoms with Crippen molar-refractivity contribution in [2.75, 3.05) is 6.61 Å². The van der Waals surface area contributed by atoms with Crippen LogP contribution >= 0.6 is 23.2 Å². The lowest BCUT2D eigenvalue weighted by Crippen LogP contribution is -2.44. The zero-order valence-electron chi connectivity index (χ0n) is 14.5. The van der Waals surface area contributed by atoms with Crippen LogP contribution in [0.5, 0.6) is 5.75 Å². The molecule has 138 valence electrons. The molecular formula is C21H18Cl2N2O2. The standard InChI is InChI=1S/C21H18Cl2N2O2/c22-15-7-6-13(10-16(15)23)27-11-20(26)25-12-5-8-19(25)21-14-3-1-2-4-17(14)24-18(21)9-12/h1-4,6-7,10,12,19,24H,5,8-9,11H2/t12-,19+/m1/s1. The molecule has 1 N–H and O–H groups in total. The van der Waals surface area contributed by atoms with Gasteiger partial charge in [-0.05, 0) is 31.0 Å². The van der Waals surface area contributed by atoms with Crippen LogP contribution in [0.25, 0.3) is 10.9 Å². The first-order valence-corrected chi connectivity index (χ1v) is 9.86. The largest absolute Gasteiger partial charge is 0.484 e. The van der Waals surface area contributed by atoms with E-state index in [-0.39, 0.29) is 24.6 Å². The molecule has 0 unspecified atom stereocenters. The van der Waals surface area contributed by atoms with E-state index in [1.165, 1.54) is 16.6 Å². The molecule has 2 aliphatic heterocycles. The minimum Gasteiger partial charge on any atom is -0.484 e. The van der Waals surface area contributed by atoms with Gasteiger partial charge in [-0.3, -0.25) is 4.79 Å². The number of ether oxygens (including phenoxy) is 1. The van der Waals surface area contributed by atoms with Crippen LogP contribution in [0.15, 0.2) is 42.5 Å². The van der Waals surface area contributed by atoms with Gasteiger partial charge in [0, 0.05) is 40.7 Å². The number of aromatic nitrogens is 1. The molecule has 0 spiro atoms. The van der Waals surface area contributed by atoms with Crippen molar-refractivity contribution in [1.29, 1.82) is 0 Å². The molecule has 6 heteroatoms. The Kier molecular flexibility index (Phi) is 4.06. The summed E-state index contributed by atoms with van der Waals surface area (Å²) in [6, 6.07) is 13.7. The molecule has 0 saturated carbocycles. The van der Waals surface area contributed by atoms with Crippen molar-refractivity contribution in [2.45, 2.75) is 31.3 Å². The van der Waals surface area contributed by atoms with Crippen LogP contribution < -0.4 is 4.74 Å². The van der Waals surface area contributed by atoms with Crippen molar-refractivity contribution in [1.82, 2.24) is 9.88 Å². The molecular weight excluding hydrogens is 383 g/mol. The van der Waals surface area contributed by atoms with E-state index in [9.17, 15) is 4.79 Å². The lowest BCUT2D eigenvalue weighted by atomic mass is 9.97. The molecule has 2 aromatic carbocycles. The lowest BCUT2D eigenvalue weighted by Gasteiger charge is -2.35.